The van der Waals surface area contributed by atoms with Gasteiger partial charge in [0, 0.05) is 36.2 Å². The van der Waals surface area contributed by atoms with Crippen LogP contribution in [0.25, 0.3) is 11.4 Å². The highest BCUT2D eigenvalue weighted by molar-refractivity contribution is 7.99. The van der Waals surface area contributed by atoms with Crippen LogP contribution in [0, 0.1) is 5.82 Å². The van der Waals surface area contributed by atoms with Gasteiger partial charge in [-0.2, -0.15) is 0 Å². The topological polar surface area (TPSA) is 63.9 Å². The van der Waals surface area contributed by atoms with Crippen LogP contribution < -0.4 is 4.90 Å². The lowest BCUT2D eigenvalue weighted by Crippen LogP contribution is -2.43. The molecule has 0 bridgehead atoms. The summed E-state index contributed by atoms with van der Waals surface area (Å²) in [6, 6.07) is 8.44. The average molecular weight is 424 g/mol. The Morgan fingerprint density at radius 2 is 2.10 bits per heavy atom. The van der Waals surface area contributed by atoms with Gasteiger partial charge in [-0.1, -0.05) is 17.8 Å². The third-order valence-corrected chi connectivity index (χ3v) is 6.09. The van der Waals surface area contributed by atoms with Gasteiger partial charge < -0.3 is 4.90 Å². The Morgan fingerprint density at radius 3 is 2.87 bits per heavy atom. The number of anilines is 1. The van der Waals surface area contributed by atoms with E-state index in [2.05, 4.69) is 21.8 Å². The average Bonchev–Trinajstić information content (AvgIpc) is 3.15. The number of aromatic nitrogens is 4. The number of hydrogen-bond donors (Lipinski definition) is 0. The molecule has 30 heavy (non-hydrogen) atoms. The third kappa shape index (κ3) is 4.00. The molecule has 2 aromatic heterocycles. The van der Waals surface area contributed by atoms with Crippen molar-refractivity contribution in [2.45, 2.75) is 37.5 Å². The summed E-state index contributed by atoms with van der Waals surface area (Å²) in [6.07, 6.45) is 6.77. The highest BCUT2D eigenvalue weighted by Gasteiger charge is 2.29. The second-order valence-electron chi connectivity index (χ2n) is 7.15. The zero-order chi connectivity index (χ0) is 21.1. The van der Waals surface area contributed by atoms with Gasteiger partial charge >= 0.3 is 0 Å². The van der Waals surface area contributed by atoms with Crippen LogP contribution in [0.5, 0.6) is 0 Å². The lowest BCUT2D eigenvalue weighted by Gasteiger charge is -2.35. The summed E-state index contributed by atoms with van der Waals surface area (Å²) >= 11 is 1.34. The fourth-order valence-corrected chi connectivity index (χ4v) is 4.51. The predicted octanol–water partition coefficient (Wildman–Crippen LogP) is 4.13. The molecule has 1 atom stereocenters. The van der Waals surface area contributed by atoms with Crippen molar-refractivity contribution in [2.24, 2.45) is 0 Å². The molecule has 1 unspecified atom stereocenters. The number of fused-ring (bicyclic) bond motifs is 1. The number of pyridine rings is 1. The van der Waals surface area contributed by atoms with Gasteiger partial charge in [0.25, 0.3) is 0 Å². The molecule has 6 nitrogen and oxygen atoms in total. The molecule has 3 heterocycles. The van der Waals surface area contributed by atoms with E-state index in [9.17, 15) is 9.18 Å². The summed E-state index contributed by atoms with van der Waals surface area (Å²) in [6.45, 7) is 6.37. The first kappa shape index (κ1) is 20.3. The molecular formula is C22H22FN5OS. The van der Waals surface area contributed by atoms with Crippen LogP contribution >= 0.6 is 11.8 Å². The van der Waals surface area contributed by atoms with E-state index in [0.717, 1.165) is 29.7 Å². The number of rotatable bonds is 6. The van der Waals surface area contributed by atoms with Crippen LogP contribution in [0.15, 0.2) is 60.5 Å². The van der Waals surface area contributed by atoms with Gasteiger partial charge in [-0.3, -0.25) is 14.3 Å². The molecule has 0 fully saturated rings. The molecular weight excluding hydrogens is 401 g/mol. The zero-order valence-corrected chi connectivity index (χ0v) is 17.5. The van der Waals surface area contributed by atoms with Crippen molar-refractivity contribution < 1.29 is 9.18 Å². The molecule has 4 rings (SSSR count). The van der Waals surface area contributed by atoms with E-state index in [1.54, 1.807) is 29.4 Å². The molecule has 0 saturated heterocycles. The number of allylic oxidation sites excluding steroid dienone is 1. The highest BCUT2D eigenvalue weighted by atomic mass is 32.2. The molecule has 1 amide bonds. The minimum atomic E-state index is -0.272. The van der Waals surface area contributed by atoms with Crippen LogP contribution in [-0.4, -0.2) is 37.5 Å². The number of benzene rings is 1. The molecule has 1 aliphatic rings. The van der Waals surface area contributed by atoms with Crippen molar-refractivity contribution in [3.63, 3.8) is 0 Å². The maximum Gasteiger partial charge on any atom is 0.237 e. The molecule has 0 aliphatic carbocycles. The largest absolute Gasteiger partial charge is 0.309 e. The number of nitrogens with zero attached hydrogens (tertiary/aromatic N) is 5. The van der Waals surface area contributed by atoms with Crippen molar-refractivity contribution in [3.8, 4) is 11.4 Å². The number of thioether (sulfide) groups is 1. The van der Waals surface area contributed by atoms with Crippen molar-refractivity contribution in [2.75, 3.05) is 10.7 Å². The Balaban J connectivity index is 1.55. The molecule has 8 heteroatoms. The van der Waals surface area contributed by atoms with Gasteiger partial charge in [-0.15, -0.1) is 16.8 Å². The van der Waals surface area contributed by atoms with Crippen molar-refractivity contribution in [1.29, 1.82) is 0 Å². The fourth-order valence-electron chi connectivity index (χ4n) is 3.70. The summed E-state index contributed by atoms with van der Waals surface area (Å²) in [7, 11) is 0. The van der Waals surface area contributed by atoms with Gasteiger partial charge in [0.15, 0.2) is 11.0 Å². The Labute approximate surface area is 178 Å². The summed E-state index contributed by atoms with van der Waals surface area (Å²) in [5, 5.41) is 9.25. The first-order valence-corrected chi connectivity index (χ1v) is 10.7. The molecule has 154 valence electrons. The van der Waals surface area contributed by atoms with Crippen molar-refractivity contribution >= 4 is 23.4 Å². The standard InChI is InChI=1S/C22H22FN5OS/c1-3-12-27-21(16-8-10-24-11-9-16)25-26-22(27)30-14-20(29)28-15(2)4-5-17-13-18(23)6-7-19(17)28/h3,6-11,13,15H,1,4-5,12,14H2,2H3. The van der Waals surface area contributed by atoms with E-state index in [1.165, 1.54) is 23.9 Å². The van der Waals surface area contributed by atoms with E-state index in [1.807, 2.05) is 23.6 Å². The van der Waals surface area contributed by atoms with Gasteiger partial charge in [-0.25, -0.2) is 4.39 Å². The number of hydrogen-bond acceptors (Lipinski definition) is 5. The van der Waals surface area contributed by atoms with Crippen molar-refractivity contribution in [1.82, 2.24) is 19.7 Å². The Kier molecular flexibility index (Phi) is 5.94. The minimum absolute atomic E-state index is 0.0290. The summed E-state index contributed by atoms with van der Waals surface area (Å²) in [5.74, 6) is 0.622. The maximum atomic E-state index is 13.6. The smallest absolute Gasteiger partial charge is 0.237 e. The number of carbonyl (C=O) groups excluding carboxylic acids is 1. The highest BCUT2D eigenvalue weighted by Crippen LogP contribution is 2.32. The monoisotopic (exact) mass is 423 g/mol. The normalized spacial score (nSPS) is 15.7. The van der Waals surface area contributed by atoms with Gasteiger partial charge in [0.2, 0.25) is 5.91 Å². The van der Waals surface area contributed by atoms with E-state index in [0.29, 0.717) is 17.5 Å². The second-order valence-corrected chi connectivity index (χ2v) is 8.10. The van der Waals surface area contributed by atoms with Gasteiger partial charge in [0.05, 0.1) is 5.75 Å². The predicted molar refractivity (Wildman–Crippen MR) is 116 cm³/mol. The van der Waals surface area contributed by atoms with Gasteiger partial charge in [0.1, 0.15) is 5.82 Å². The van der Waals surface area contributed by atoms with E-state index >= 15 is 0 Å². The summed E-state index contributed by atoms with van der Waals surface area (Å²) in [5.41, 5.74) is 2.57. The quantitative estimate of drug-likeness (QED) is 0.441. The molecule has 1 aromatic carbocycles. The number of carbonyl (C=O) groups is 1. The molecule has 0 radical (unpaired) electrons. The summed E-state index contributed by atoms with van der Waals surface area (Å²) in [4.78, 5) is 18.9. The third-order valence-electron chi connectivity index (χ3n) is 5.13. The number of aryl methyl sites for hydroxylation is 1. The van der Waals surface area contributed by atoms with E-state index < -0.39 is 0 Å². The lowest BCUT2D eigenvalue weighted by molar-refractivity contribution is -0.116. The van der Waals surface area contributed by atoms with Crippen LogP contribution in [0.3, 0.4) is 0 Å². The van der Waals surface area contributed by atoms with Crippen LogP contribution in [0.2, 0.25) is 0 Å². The minimum Gasteiger partial charge on any atom is -0.309 e. The second kappa shape index (κ2) is 8.79. The van der Waals surface area contributed by atoms with Crippen LogP contribution in [-0.2, 0) is 17.8 Å². The van der Waals surface area contributed by atoms with Crippen molar-refractivity contribution in [3.05, 3.63) is 66.8 Å². The van der Waals surface area contributed by atoms with Crippen LogP contribution in [0.1, 0.15) is 18.9 Å². The van der Waals surface area contributed by atoms with Gasteiger partial charge in [-0.05, 0) is 55.7 Å². The molecule has 3 aromatic rings. The van der Waals surface area contributed by atoms with E-state index in [-0.39, 0.29) is 23.5 Å². The lowest BCUT2D eigenvalue weighted by atomic mass is 9.96. The Morgan fingerprint density at radius 1 is 1.30 bits per heavy atom. The first-order valence-electron chi connectivity index (χ1n) is 9.76. The van der Waals surface area contributed by atoms with E-state index in [4.69, 9.17) is 0 Å². The fraction of sp³-hybridized carbons (Fsp3) is 0.273. The summed E-state index contributed by atoms with van der Waals surface area (Å²) < 4.78 is 15.5. The molecule has 1 aliphatic heterocycles. The SMILES string of the molecule is C=CCn1c(SCC(=O)N2c3ccc(F)cc3CCC2C)nnc1-c1ccncc1. The van der Waals surface area contributed by atoms with Crippen LogP contribution in [0.4, 0.5) is 10.1 Å². The maximum absolute atomic E-state index is 13.6. The molecule has 0 N–H and O–H groups in total. The number of amides is 1. The molecule has 0 spiro atoms. The number of halogens is 1. The zero-order valence-electron chi connectivity index (χ0n) is 16.7. The first-order chi connectivity index (χ1) is 14.6. The Bertz CT molecular complexity index is 1070. The molecule has 0 saturated carbocycles. The Hall–Kier alpha value is -3.00.